The Bertz CT molecular complexity index is 279. The zero-order valence-corrected chi connectivity index (χ0v) is 7.86. The molecule has 0 aromatic heterocycles. The predicted molar refractivity (Wildman–Crippen MR) is 60.1 cm³/mol. The van der Waals surface area contributed by atoms with Crippen molar-refractivity contribution < 1.29 is 44.7 Å². The predicted octanol–water partition coefficient (Wildman–Crippen LogP) is -2.84. The van der Waals surface area contributed by atoms with E-state index in [2.05, 4.69) is 0 Å². The molecule has 0 fully saturated rings. The van der Waals surface area contributed by atoms with Crippen LogP contribution in [0.2, 0.25) is 0 Å². The van der Waals surface area contributed by atoms with Crippen molar-refractivity contribution in [1.82, 2.24) is 0 Å². The van der Waals surface area contributed by atoms with E-state index in [0.717, 1.165) is 0 Å². The van der Waals surface area contributed by atoms with Crippen molar-refractivity contribution in [3.8, 4) is 0 Å². The van der Waals surface area contributed by atoms with Crippen molar-refractivity contribution in [1.29, 1.82) is 0 Å². The number of aliphatic carboxylic acids is 4. The van der Waals surface area contributed by atoms with Crippen LogP contribution in [0.5, 0.6) is 0 Å². The average Bonchev–Trinajstić information content (AvgIpc) is 2.00. The number of rotatable bonds is 5. The first-order valence-electron chi connectivity index (χ1n) is 3.73. The van der Waals surface area contributed by atoms with E-state index in [-0.39, 0.29) is 59.1 Å². The molecule has 0 aliphatic carbocycles. The summed E-state index contributed by atoms with van der Waals surface area (Å²) in [5, 5.41) is 39.5. The third-order valence-electron chi connectivity index (χ3n) is 0.955. The van der Waals surface area contributed by atoms with E-state index in [9.17, 15) is 19.2 Å². The average molecular weight is 286 g/mol. The molecule has 0 aromatic carbocycles. The molecule has 1 unspecified atom stereocenters. The topological polar surface area (TPSA) is 169 Å². The van der Waals surface area contributed by atoms with Crippen molar-refractivity contribution in [2.75, 3.05) is 0 Å². The fourth-order valence-corrected chi connectivity index (χ4v) is 0.382. The Morgan fingerprint density at radius 3 is 1.17 bits per heavy atom. The molecule has 0 heterocycles. The van der Waals surface area contributed by atoms with Gasteiger partial charge in [-0.1, -0.05) is 0 Å². The molecule has 9 nitrogen and oxygen atoms in total. The molecule has 1 atom stereocenters. The summed E-state index contributed by atoms with van der Waals surface area (Å²) < 4.78 is 0. The van der Waals surface area contributed by atoms with E-state index in [1.54, 1.807) is 0 Å². The van der Waals surface area contributed by atoms with Crippen LogP contribution in [0.15, 0.2) is 0 Å². The Labute approximate surface area is 145 Å². The SMILES string of the molecule is O=C(O)CC(=O)O.O=C(O)CC(O)C(=O)O.[NaH].[NaH]. The van der Waals surface area contributed by atoms with Crippen LogP contribution < -0.4 is 0 Å². The standard InChI is InChI=1S/C4H6O5.C3H4O4.2Na.2H/c5-2(4(8)9)1-3(6)7;4-2(5)1-3(6)7;;;;/h2,5H,1H2,(H,6,7)(H,8,9);1H2,(H,4,5)(H,6,7);;;;. The zero-order chi connectivity index (χ0) is 13.3. The van der Waals surface area contributed by atoms with E-state index >= 15 is 0 Å². The van der Waals surface area contributed by atoms with Crippen LogP contribution in [0.4, 0.5) is 0 Å². The van der Waals surface area contributed by atoms with Gasteiger partial charge >= 0.3 is 83.0 Å². The van der Waals surface area contributed by atoms with Crippen molar-refractivity contribution in [2.45, 2.75) is 18.9 Å². The number of aliphatic hydroxyl groups excluding tert-OH is 1. The van der Waals surface area contributed by atoms with Gasteiger partial charge in [-0.2, -0.15) is 0 Å². The number of carbonyl (C=O) groups is 4. The summed E-state index contributed by atoms with van der Waals surface area (Å²) in [5.41, 5.74) is 0. The normalized spacial score (nSPS) is 9.39. The van der Waals surface area contributed by atoms with Crippen LogP contribution in [0, 0.1) is 0 Å². The Balaban J connectivity index is -0.000000100. The van der Waals surface area contributed by atoms with Gasteiger partial charge in [0.15, 0.2) is 6.10 Å². The molecule has 0 aliphatic heterocycles. The summed E-state index contributed by atoms with van der Waals surface area (Å²) in [6.07, 6.45) is -3.35. The van der Waals surface area contributed by atoms with Crippen molar-refractivity contribution >= 4 is 83.0 Å². The van der Waals surface area contributed by atoms with Crippen molar-refractivity contribution in [2.24, 2.45) is 0 Å². The molecule has 0 spiro atoms. The van der Waals surface area contributed by atoms with Gasteiger partial charge < -0.3 is 25.5 Å². The van der Waals surface area contributed by atoms with Gasteiger partial charge in [0.05, 0.1) is 6.42 Å². The number of hydrogen-bond acceptors (Lipinski definition) is 5. The minimum absolute atomic E-state index is 0. The fraction of sp³-hybridized carbons (Fsp3) is 0.429. The summed E-state index contributed by atoms with van der Waals surface area (Å²) in [6.45, 7) is 0. The molecule has 0 rings (SSSR count). The van der Waals surface area contributed by atoms with Gasteiger partial charge in [0.1, 0.15) is 6.42 Å². The van der Waals surface area contributed by atoms with Crippen LogP contribution in [-0.4, -0.2) is 115 Å². The maximum absolute atomic E-state index is 9.72. The first-order valence-corrected chi connectivity index (χ1v) is 3.73. The van der Waals surface area contributed by atoms with Gasteiger partial charge in [0, 0.05) is 0 Å². The molecule has 11 heteroatoms. The van der Waals surface area contributed by atoms with Gasteiger partial charge in [0.2, 0.25) is 0 Å². The first kappa shape index (κ1) is 26.4. The monoisotopic (exact) mass is 286 g/mol. The van der Waals surface area contributed by atoms with Crippen molar-refractivity contribution in [3.05, 3.63) is 0 Å². The van der Waals surface area contributed by atoms with Crippen LogP contribution in [0.25, 0.3) is 0 Å². The van der Waals surface area contributed by atoms with Crippen LogP contribution in [0.1, 0.15) is 12.8 Å². The Hall–Kier alpha value is -0.160. The summed E-state index contributed by atoms with van der Waals surface area (Å²) >= 11 is 0. The molecular formula is C7H12Na2O9. The van der Waals surface area contributed by atoms with E-state index in [1.807, 2.05) is 0 Å². The van der Waals surface area contributed by atoms with E-state index in [1.165, 1.54) is 0 Å². The molecule has 0 radical (unpaired) electrons. The van der Waals surface area contributed by atoms with E-state index in [0.29, 0.717) is 0 Å². The molecular weight excluding hydrogens is 274 g/mol. The number of aliphatic hydroxyl groups is 1. The quantitative estimate of drug-likeness (QED) is 0.264. The summed E-state index contributed by atoms with van der Waals surface area (Å²) in [4.78, 5) is 38.3. The van der Waals surface area contributed by atoms with Crippen molar-refractivity contribution in [3.63, 3.8) is 0 Å². The second kappa shape index (κ2) is 14.9. The maximum atomic E-state index is 9.72. The first-order chi connectivity index (χ1) is 7.16. The molecule has 0 aliphatic rings. The Morgan fingerprint density at radius 1 is 0.778 bits per heavy atom. The van der Waals surface area contributed by atoms with E-state index < -0.39 is 42.8 Å². The second-order valence-corrected chi connectivity index (χ2v) is 2.42. The third kappa shape index (κ3) is 24.9. The molecule has 0 saturated carbocycles. The van der Waals surface area contributed by atoms with Gasteiger partial charge in [-0.3, -0.25) is 14.4 Å². The second-order valence-electron chi connectivity index (χ2n) is 2.42. The van der Waals surface area contributed by atoms with E-state index in [4.69, 9.17) is 25.5 Å². The fourth-order valence-electron chi connectivity index (χ4n) is 0.382. The number of carboxylic acid groups (broad SMARTS) is 4. The van der Waals surface area contributed by atoms with Gasteiger partial charge in [-0.15, -0.1) is 0 Å². The minimum atomic E-state index is -1.79. The molecule has 0 saturated heterocycles. The molecule has 0 aromatic rings. The van der Waals surface area contributed by atoms with Gasteiger partial charge in [-0.25, -0.2) is 4.79 Å². The Kier molecular flexibility index (Phi) is 21.9. The third-order valence-corrected chi connectivity index (χ3v) is 0.955. The molecule has 5 N–H and O–H groups in total. The summed E-state index contributed by atoms with van der Waals surface area (Å²) in [6, 6.07) is 0. The van der Waals surface area contributed by atoms with Crippen LogP contribution >= 0.6 is 0 Å². The number of carboxylic acids is 4. The molecule has 96 valence electrons. The van der Waals surface area contributed by atoms with Gasteiger partial charge in [-0.05, 0) is 0 Å². The molecule has 0 bridgehead atoms. The molecule has 0 amide bonds. The Morgan fingerprint density at radius 2 is 1.11 bits per heavy atom. The molecule has 18 heavy (non-hydrogen) atoms. The summed E-state index contributed by atoms with van der Waals surface area (Å²) in [5.74, 6) is -5.47. The summed E-state index contributed by atoms with van der Waals surface area (Å²) in [7, 11) is 0. The zero-order valence-electron chi connectivity index (χ0n) is 7.86. The van der Waals surface area contributed by atoms with Crippen LogP contribution in [-0.2, 0) is 19.2 Å². The van der Waals surface area contributed by atoms with Crippen LogP contribution in [0.3, 0.4) is 0 Å². The number of hydrogen-bond donors (Lipinski definition) is 5. The van der Waals surface area contributed by atoms with Gasteiger partial charge in [0.25, 0.3) is 0 Å².